The van der Waals surface area contributed by atoms with Gasteiger partial charge in [-0.05, 0) is 29.8 Å². The molecule has 132 valence electrons. The van der Waals surface area contributed by atoms with Crippen molar-refractivity contribution in [3.8, 4) is 33.2 Å². The van der Waals surface area contributed by atoms with E-state index in [4.69, 9.17) is 10.5 Å². The number of primary amides is 1. The molecular weight excluding hydrogens is 356 g/mol. The fraction of sp³-hybridized carbons (Fsp3) is 0. The smallest absolute Gasteiger partial charge is 0.268 e. The quantitative estimate of drug-likeness (QED) is 0.512. The fourth-order valence-corrected chi connectivity index (χ4v) is 3.56. The van der Waals surface area contributed by atoms with Gasteiger partial charge in [-0.3, -0.25) is 4.79 Å². The molecule has 0 aliphatic heterocycles. The van der Waals surface area contributed by atoms with Crippen LogP contribution in [0.3, 0.4) is 0 Å². The summed E-state index contributed by atoms with van der Waals surface area (Å²) in [6.07, 6.45) is 0. The highest BCUT2D eigenvalue weighted by molar-refractivity contribution is 7.13. The number of ether oxygens (including phenoxy) is 1. The van der Waals surface area contributed by atoms with E-state index in [1.54, 1.807) is 5.38 Å². The molecule has 2 N–H and O–H groups in total. The van der Waals surface area contributed by atoms with Crippen molar-refractivity contribution in [2.75, 3.05) is 0 Å². The minimum atomic E-state index is -0.518. The molecule has 1 heterocycles. The first-order valence-corrected chi connectivity index (χ1v) is 9.27. The van der Waals surface area contributed by atoms with Crippen LogP contribution in [0.25, 0.3) is 21.7 Å². The Morgan fingerprint density at radius 3 is 2.41 bits per heavy atom. The van der Waals surface area contributed by atoms with Crippen LogP contribution in [0.4, 0.5) is 0 Å². The lowest BCUT2D eigenvalue weighted by Gasteiger charge is -2.12. The van der Waals surface area contributed by atoms with Gasteiger partial charge in [0, 0.05) is 16.5 Å². The summed E-state index contributed by atoms with van der Waals surface area (Å²) in [7, 11) is 0. The van der Waals surface area contributed by atoms with Crippen LogP contribution in [0.5, 0.6) is 11.5 Å². The van der Waals surface area contributed by atoms with Crippen LogP contribution in [0.15, 0.2) is 84.2 Å². The lowest BCUT2D eigenvalue weighted by Crippen LogP contribution is -2.10. The predicted molar refractivity (Wildman–Crippen MR) is 108 cm³/mol. The Hall–Kier alpha value is -3.44. The van der Waals surface area contributed by atoms with Crippen LogP contribution in [0, 0.1) is 0 Å². The number of aromatic nitrogens is 1. The Balaban J connectivity index is 1.71. The summed E-state index contributed by atoms with van der Waals surface area (Å²) in [6, 6.07) is 25.6. The third-order valence-electron chi connectivity index (χ3n) is 4.04. The average Bonchev–Trinajstić information content (AvgIpc) is 3.20. The van der Waals surface area contributed by atoms with Crippen LogP contribution < -0.4 is 10.5 Å². The van der Waals surface area contributed by atoms with Crippen molar-refractivity contribution in [1.82, 2.24) is 4.98 Å². The van der Waals surface area contributed by atoms with E-state index in [9.17, 15) is 4.79 Å². The van der Waals surface area contributed by atoms with Gasteiger partial charge in [0.2, 0.25) is 0 Å². The molecule has 0 radical (unpaired) electrons. The molecule has 1 amide bonds. The molecule has 0 unspecified atom stereocenters. The van der Waals surface area contributed by atoms with Crippen molar-refractivity contribution < 1.29 is 9.53 Å². The topological polar surface area (TPSA) is 65.2 Å². The SMILES string of the molecule is NC(=O)c1csc(-c2cccc(-c3ccccc3Oc3ccccc3)c2)n1. The zero-order valence-corrected chi connectivity index (χ0v) is 15.1. The van der Waals surface area contributed by atoms with Crippen molar-refractivity contribution in [2.24, 2.45) is 5.73 Å². The van der Waals surface area contributed by atoms with Crippen molar-refractivity contribution in [3.05, 3.63) is 89.9 Å². The van der Waals surface area contributed by atoms with E-state index in [0.29, 0.717) is 0 Å². The maximum Gasteiger partial charge on any atom is 0.268 e. The molecule has 0 saturated heterocycles. The number of thiazole rings is 1. The van der Waals surface area contributed by atoms with Gasteiger partial charge in [0.15, 0.2) is 0 Å². The van der Waals surface area contributed by atoms with Gasteiger partial charge in [-0.25, -0.2) is 4.98 Å². The highest BCUT2D eigenvalue weighted by Gasteiger charge is 2.11. The maximum atomic E-state index is 11.3. The second-order valence-electron chi connectivity index (χ2n) is 5.89. The van der Waals surface area contributed by atoms with E-state index >= 15 is 0 Å². The average molecular weight is 372 g/mol. The number of nitrogens with two attached hydrogens (primary N) is 1. The summed E-state index contributed by atoms with van der Waals surface area (Å²) < 4.78 is 6.07. The number of benzene rings is 3. The van der Waals surface area contributed by atoms with Crippen molar-refractivity contribution >= 4 is 17.2 Å². The van der Waals surface area contributed by atoms with E-state index in [0.717, 1.165) is 33.2 Å². The number of rotatable bonds is 5. The zero-order chi connectivity index (χ0) is 18.6. The van der Waals surface area contributed by atoms with Crippen molar-refractivity contribution in [1.29, 1.82) is 0 Å². The Labute approximate surface area is 160 Å². The third kappa shape index (κ3) is 3.73. The molecule has 0 aliphatic carbocycles. The number of amides is 1. The molecule has 3 aromatic carbocycles. The molecule has 0 fully saturated rings. The normalized spacial score (nSPS) is 10.5. The van der Waals surface area contributed by atoms with E-state index < -0.39 is 5.91 Å². The van der Waals surface area contributed by atoms with Gasteiger partial charge >= 0.3 is 0 Å². The minimum absolute atomic E-state index is 0.285. The first-order chi connectivity index (χ1) is 13.2. The van der Waals surface area contributed by atoms with Crippen LogP contribution in [0.1, 0.15) is 10.5 Å². The second kappa shape index (κ2) is 7.43. The van der Waals surface area contributed by atoms with E-state index in [1.807, 2.05) is 78.9 Å². The first kappa shape index (κ1) is 17.0. The molecule has 1 aromatic heterocycles. The summed E-state index contributed by atoms with van der Waals surface area (Å²) >= 11 is 1.40. The van der Waals surface area contributed by atoms with Gasteiger partial charge in [0.25, 0.3) is 5.91 Å². The second-order valence-corrected chi connectivity index (χ2v) is 6.75. The molecule has 4 aromatic rings. The van der Waals surface area contributed by atoms with Crippen LogP contribution in [-0.4, -0.2) is 10.9 Å². The van der Waals surface area contributed by atoms with Crippen LogP contribution in [0.2, 0.25) is 0 Å². The Morgan fingerprint density at radius 2 is 1.63 bits per heavy atom. The molecule has 0 bridgehead atoms. The van der Waals surface area contributed by atoms with Gasteiger partial charge < -0.3 is 10.5 Å². The van der Waals surface area contributed by atoms with Gasteiger partial charge in [-0.15, -0.1) is 11.3 Å². The number of hydrogen-bond donors (Lipinski definition) is 1. The van der Waals surface area contributed by atoms with Gasteiger partial charge in [0.05, 0.1) is 0 Å². The van der Waals surface area contributed by atoms with E-state index in [1.165, 1.54) is 11.3 Å². The molecule has 5 heteroatoms. The monoisotopic (exact) mass is 372 g/mol. The molecule has 0 saturated carbocycles. The Bertz CT molecular complexity index is 1090. The molecule has 0 spiro atoms. The summed E-state index contributed by atoms with van der Waals surface area (Å²) in [5.74, 6) is 1.04. The van der Waals surface area contributed by atoms with Crippen molar-refractivity contribution in [2.45, 2.75) is 0 Å². The third-order valence-corrected chi connectivity index (χ3v) is 4.93. The lowest BCUT2D eigenvalue weighted by atomic mass is 10.0. The van der Waals surface area contributed by atoms with E-state index in [2.05, 4.69) is 4.98 Å². The predicted octanol–water partition coefficient (Wildman–Crippen LogP) is 5.37. The van der Waals surface area contributed by atoms with Crippen molar-refractivity contribution in [3.63, 3.8) is 0 Å². The number of nitrogens with zero attached hydrogens (tertiary/aromatic N) is 1. The summed E-state index contributed by atoms with van der Waals surface area (Å²) in [4.78, 5) is 15.6. The van der Waals surface area contributed by atoms with Crippen LogP contribution >= 0.6 is 11.3 Å². The Morgan fingerprint density at radius 1 is 0.889 bits per heavy atom. The minimum Gasteiger partial charge on any atom is -0.457 e. The number of carbonyl (C=O) groups is 1. The number of para-hydroxylation sites is 2. The van der Waals surface area contributed by atoms with E-state index in [-0.39, 0.29) is 5.69 Å². The molecular formula is C22H16N2O2S. The molecule has 0 aliphatic rings. The lowest BCUT2D eigenvalue weighted by molar-refractivity contribution is 0.0996. The summed E-state index contributed by atoms with van der Waals surface area (Å²) in [6.45, 7) is 0. The highest BCUT2D eigenvalue weighted by atomic mass is 32.1. The largest absolute Gasteiger partial charge is 0.457 e. The Kier molecular flexibility index (Phi) is 4.68. The summed E-state index contributed by atoms with van der Waals surface area (Å²) in [5.41, 5.74) is 8.51. The zero-order valence-electron chi connectivity index (χ0n) is 14.3. The summed E-state index contributed by atoms with van der Waals surface area (Å²) in [5, 5.41) is 2.43. The fourth-order valence-electron chi connectivity index (χ4n) is 2.75. The molecule has 4 nitrogen and oxygen atoms in total. The number of carbonyl (C=O) groups excluding carboxylic acids is 1. The standard InChI is InChI=1S/C22H16N2O2S/c23-21(25)19-14-27-22(24-19)16-8-6-7-15(13-16)18-11-4-5-12-20(18)26-17-9-2-1-3-10-17/h1-14H,(H2,23,25). The molecule has 4 rings (SSSR count). The van der Waals surface area contributed by atoms with Gasteiger partial charge in [-0.1, -0.05) is 54.6 Å². The van der Waals surface area contributed by atoms with Gasteiger partial charge in [0.1, 0.15) is 22.2 Å². The van der Waals surface area contributed by atoms with Crippen LogP contribution in [-0.2, 0) is 0 Å². The first-order valence-electron chi connectivity index (χ1n) is 8.39. The highest BCUT2D eigenvalue weighted by Crippen LogP contribution is 2.35. The maximum absolute atomic E-state index is 11.3. The molecule has 27 heavy (non-hydrogen) atoms. The number of hydrogen-bond acceptors (Lipinski definition) is 4. The van der Waals surface area contributed by atoms with Gasteiger partial charge in [-0.2, -0.15) is 0 Å². The molecule has 0 atom stereocenters.